The minimum absolute atomic E-state index is 0.0508. The highest BCUT2D eigenvalue weighted by molar-refractivity contribution is 6.30. The molecule has 0 saturated heterocycles. The third kappa shape index (κ3) is 3.00. The molecule has 1 aromatic heterocycles. The lowest BCUT2D eigenvalue weighted by atomic mass is 10.1. The van der Waals surface area contributed by atoms with Crippen molar-refractivity contribution in [2.75, 3.05) is 5.32 Å². The molecule has 0 amide bonds. The predicted molar refractivity (Wildman–Crippen MR) is 120 cm³/mol. The van der Waals surface area contributed by atoms with Crippen LogP contribution in [0.3, 0.4) is 0 Å². The van der Waals surface area contributed by atoms with Crippen molar-refractivity contribution in [2.45, 2.75) is 0 Å². The number of halogens is 1. The van der Waals surface area contributed by atoms with Gasteiger partial charge in [0.05, 0.1) is 33.3 Å². The summed E-state index contributed by atoms with van der Waals surface area (Å²) in [4.78, 5) is 0. The zero-order valence-corrected chi connectivity index (χ0v) is 15.6. The van der Waals surface area contributed by atoms with Crippen LogP contribution in [-0.4, -0.2) is 4.57 Å². The van der Waals surface area contributed by atoms with E-state index < -0.39 is 48.3 Å². The van der Waals surface area contributed by atoms with Gasteiger partial charge in [-0.3, -0.25) is 0 Å². The van der Waals surface area contributed by atoms with Crippen molar-refractivity contribution in [1.82, 2.24) is 4.57 Å². The van der Waals surface area contributed by atoms with Crippen LogP contribution in [-0.2, 0) is 0 Å². The Morgan fingerprint density at radius 2 is 1.52 bits per heavy atom. The van der Waals surface area contributed by atoms with Crippen LogP contribution >= 0.6 is 11.6 Å². The Balaban J connectivity index is 1.96. The molecule has 0 aliphatic carbocycles. The summed E-state index contributed by atoms with van der Waals surface area (Å²) in [5, 5.41) is 13.5. The number of hydrogen-bond donors (Lipinski definition) is 1. The molecule has 5 aromatic rings. The van der Waals surface area contributed by atoms with Crippen molar-refractivity contribution >= 4 is 44.8 Å². The monoisotopic (exact) mass is 401 g/mol. The molecule has 0 aliphatic heterocycles. The molecule has 0 bridgehead atoms. The van der Waals surface area contributed by atoms with Gasteiger partial charge >= 0.3 is 0 Å². The van der Waals surface area contributed by atoms with E-state index in [0.717, 1.165) is 0 Å². The first kappa shape index (κ1) is 10.7. The summed E-state index contributed by atoms with van der Waals surface area (Å²) in [6, 6.07) is 9.98. The molecule has 1 heterocycles. The van der Waals surface area contributed by atoms with E-state index in [9.17, 15) is 5.26 Å². The van der Waals surface area contributed by atoms with Gasteiger partial charge in [0.2, 0.25) is 0 Å². The molecule has 0 spiro atoms. The van der Waals surface area contributed by atoms with E-state index in [1.54, 1.807) is 36.4 Å². The van der Waals surface area contributed by atoms with Crippen LogP contribution in [0.4, 0.5) is 11.4 Å². The molecule has 138 valence electrons. The molecular weight excluding hydrogens is 378 g/mol. The van der Waals surface area contributed by atoms with E-state index in [2.05, 4.69) is 11.4 Å². The van der Waals surface area contributed by atoms with Crippen molar-refractivity contribution in [3.8, 4) is 11.8 Å². The summed E-state index contributed by atoms with van der Waals surface area (Å²) in [5.41, 5.74) is 1.40. The third-order valence-electron chi connectivity index (χ3n) is 4.51. The Morgan fingerprint density at radius 3 is 2.17 bits per heavy atom. The predicted octanol–water partition coefficient (Wildman–Crippen LogP) is 7.05. The number of nitrogens with one attached hydrogen (secondary N) is 1. The second-order valence-corrected chi connectivity index (χ2v) is 6.70. The Bertz CT molecular complexity index is 1750. The van der Waals surface area contributed by atoms with Crippen LogP contribution in [0.1, 0.15) is 16.5 Å². The third-order valence-corrected chi connectivity index (χ3v) is 4.74. The van der Waals surface area contributed by atoms with Crippen LogP contribution in [0.25, 0.3) is 27.5 Å². The summed E-state index contributed by atoms with van der Waals surface area (Å²) < 4.78 is 68.5. The molecule has 1 N–H and O–H groups in total. The Labute approximate surface area is 184 Å². The average molecular weight is 402 g/mol. The topological polar surface area (TPSA) is 40.8 Å². The summed E-state index contributed by atoms with van der Waals surface area (Å²) >= 11 is 6.09. The van der Waals surface area contributed by atoms with E-state index in [-0.39, 0.29) is 33.1 Å². The van der Waals surface area contributed by atoms with E-state index in [1.807, 2.05) is 0 Å². The Hall–Kier alpha value is -3.74. The van der Waals surface area contributed by atoms with Gasteiger partial charge in [0.1, 0.15) is 6.07 Å². The molecular formula is C25H16ClN3. The van der Waals surface area contributed by atoms with Crippen LogP contribution in [0, 0.1) is 11.3 Å². The molecule has 29 heavy (non-hydrogen) atoms. The fourth-order valence-electron chi connectivity index (χ4n) is 3.28. The van der Waals surface area contributed by atoms with Crippen LogP contribution in [0.5, 0.6) is 0 Å². The molecule has 4 aromatic carbocycles. The van der Waals surface area contributed by atoms with E-state index in [0.29, 0.717) is 16.4 Å². The van der Waals surface area contributed by atoms with Crippen molar-refractivity contribution in [1.29, 1.82) is 5.26 Å². The minimum Gasteiger partial charge on any atom is -0.355 e. The largest absolute Gasteiger partial charge is 0.355 e. The summed E-state index contributed by atoms with van der Waals surface area (Å²) in [5.74, 6) is 0. The summed E-state index contributed by atoms with van der Waals surface area (Å²) in [6.45, 7) is 0. The van der Waals surface area contributed by atoms with Gasteiger partial charge < -0.3 is 9.88 Å². The number of para-hydroxylation sites is 2. The second kappa shape index (κ2) is 7.01. The molecule has 0 radical (unpaired) electrons. The van der Waals surface area contributed by atoms with Crippen molar-refractivity contribution in [3.63, 3.8) is 0 Å². The fraction of sp³-hybridized carbons (Fsp3) is 0. The minimum atomic E-state index is -0.527. The number of anilines is 2. The van der Waals surface area contributed by atoms with Crippen molar-refractivity contribution in [2.24, 2.45) is 0 Å². The smallest absolute Gasteiger partial charge is 0.101 e. The van der Waals surface area contributed by atoms with Gasteiger partial charge in [-0.15, -0.1) is 0 Å². The van der Waals surface area contributed by atoms with Gasteiger partial charge in [-0.1, -0.05) is 53.9 Å². The fourth-order valence-corrected chi connectivity index (χ4v) is 3.47. The molecule has 0 unspecified atom stereocenters. The second-order valence-electron chi connectivity index (χ2n) is 6.26. The maximum Gasteiger partial charge on any atom is 0.101 e. The first-order valence-electron chi connectivity index (χ1n) is 12.6. The zero-order valence-electron chi connectivity index (χ0n) is 22.8. The lowest BCUT2D eigenvalue weighted by molar-refractivity contribution is 1.17. The average Bonchev–Trinajstić information content (AvgIpc) is 3.24. The zero-order chi connectivity index (χ0) is 26.8. The van der Waals surface area contributed by atoms with Gasteiger partial charge in [-0.2, -0.15) is 5.26 Å². The number of fused-ring (bicyclic) bond motifs is 3. The maximum atomic E-state index is 9.92. The Morgan fingerprint density at radius 1 is 0.862 bits per heavy atom. The number of rotatable bonds is 3. The van der Waals surface area contributed by atoms with Gasteiger partial charge in [0, 0.05) is 27.2 Å². The molecule has 0 atom stereocenters. The van der Waals surface area contributed by atoms with E-state index in [1.165, 1.54) is 10.6 Å². The highest BCUT2D eigenvalue weighted by atomic mass is 35.5. The summed E-state index contributed by atoms with van der Waals surface area (Å²) in [7, 11) is 0. The molecule has 0 saturated carbocycles. The van der Waals surface area contributed by atoms with Crippen LogP contribution in [0.15, 0.2) is 90.8 Å². The van der Waals surface area contributed by atoms with Crippen LogP contribution in [0.2, 0.25) is 5.02 Å². The number of nitrogens with zero attached hydrogens (tertiary/aromatic N) is 2. The van der Waals surface area contributed by atoms with E-state index in [4.69, 9.17) is 22.6 Å². The molecule has 4 heteroatoms. The lowest BCUT2D eigenvalue weighted by Crippen LogP contribution is -1.99. The first-order chi connectivity index (χ1) is 17.6. The maximum absolute atomic E-state index is 9.92. The molecule has 3 nitrogen and oxygen atoms in total. The summed E-state index contributed by atoms with van der Waals surface area (Å²) in [6.07, 6.45) is 0. The number of hydrogen-bond acceptors (Lipinski definition) is 2. The van der Waals surface area contributed by atoms with Gasteiger partial charge in [-0.05, 0) is 48.5 Å². The normalized spacial score (nSPS) is 14.8. The van der Waals surface area contributed by atoms with Crippen LogP contribution < -0.4 is 5.32 Å². The highest BCUT2D eigenvalue weighted by Gasteiger charge is 2.14. The molecule has 0 aliphatic rings. The lowest BCUT2D eigenvalue weighted by Gasteiger charge is -2.13. The van der Waals surface area contributed by atoms with Gasteiger partial charge in [-0.25, -0.2) is 0 Å². The molecule has 5 rings (SSSR count). The number of benzene rings is 4. The van der Waals surface area contributed by atoms with E-state index >= 15 is 0 Å². The van der Waals surface area contributed by atoms with Crippen molar-refractivity contribution < 1.29 is 11.0 Å². The SMILES string of the molecule is [2H]c1c([2H])c([2H])c2c(c1[2H])c1c([2H])c([2H])c([2H])c([2H])c1n2-c1cc(Nc2cccc(Cl)c2)ccc1C#N. The quantitative estimate of drug-likeness (QED) is 0.351. The molecule has 0 fully saturated rings. The number of aromatic nitrogens is 1. The standard InChI is InChI=1S/C25H16ClN3/c26-18-6-5-7-19(14-18)28-20-13-12-17(16-27)25(15-20)29-23-10-3-1-8-21(23)22-9-2-4-11-24(22)29/h1-15,28H/i1D,2D,3D,4D,8D,9D,10D,11D. The Kier molecular flexibility index (Phi) is 2.59. The highest BCUT2D eigenvalue weighted by Crippen LogP contribution is 2.34. The van der Waals surface area contributed by atoms with Crippen molar-refractivity contribution in [3.05, 3.63) is 101 Å². The van der Waals surface area contributed by atoms with Gasteiger partial charge in [0.25, 0.3) is 0 Å². The number of nitriles is 1. The van der Waals surface area contributed by atoms with Gasteiger partial charge in [0.15, 0.2) is 0 Å². The first-order valence-corrected chi connectivity index (χ1v) is 9.02.